The monoisotopic (exact) mass is 641 g/mol. The van der Waals surface area contributed by atoms with Crippen molar-refractivity contribution in [2.24, 2.45) is 0 Å². The molecule has 0 aliphatic carbocycles. The van der Waals surface area contributed by atoms with Crippen molar-refractivity contribution < 1.29 is 101 Å². The van der Waals surface area contributed by atoms with Gasteiger partial charge in [0.1, 0.15) is 12.7 Å². The summed E-state index contributed by atoms with van der Waals surface area (Å²) in [6.45, 7) is 25.4. The van der Waals surface area contributed by atoms with E-state index in [9.17, 15) is 14.4 Å². The molecule has 0 spiro atoms. The van der Waals surface area contributed by atoms with Crippen molar-refractivity contribution in [3.8, 4) is 0 Å². The number of hydrogen-bond donors (Lipinski definition) is 1. The van der Waals surface area contributed by atoms with Crippen molar-refractivity contribution in [3.63, 3.8) is 0 Å². The molecular weight excluding hydrogens is 590 g/mol. The molecule has 1 aliphatic heterocycles. The van der Waals surface area contributed by atoms with Crippen molar-refractivity contribution in [2.75, 3.05) is 33.0 Å². The molecule has 0 bridgehead atoms. The van der Waals surface area contributed by atoms with Gasteiger partial charge in [-0.2, -0.15) is 0 Å². The van der Waals surface area contributed by atoms with Crippen LogP contribution in [-0.4, -0.2) is 83.7 Å². The first-order valence-electron chi connectivity index (χ1n) is 13.2. The van der Waals surface area contributed by atoms with Crippen LogP contribution in [0.4, 0.5) is 0 Å². The van der Waals surface area contributed by atoms with E-state index in [0.717, 1.165) is 19.1 Å². The van der Waals surface area contributed by atoms with Crippen LogP contribution in [0.25, 0.3) is 0 Å². The Morgan fingerprint density at radius 3 is 1.65 bits per heavy atom. The SMILES string of the molecule is CC.CCC(=O)OCC1CO1.CCO[Si](C)(CCCOC(=O)CC)OCC.O=S(=O)=O.[CH2-]C(C)(C)NC(C)=O.[K+]. The van der Waals surface area contributed by atoms with Crippen molar-refractivity contribution in [1.82, 2.24) is 5.32 Å². The number of carbonyl (C=O) groups is 3. The van der Waals surface area contributed by atoms with Crippen LogP contribution in [0.3, 0.4) is 0 Å². The number of amides is 1. The third kappa shape index (κ3) is 47.5. The first-order valence-corrected chi connectivity index (χ1v) is 16.7. The fraction of sp³-hybridized carbons (Fsp3) is 0.840. The van der Waals surface area contributed by atoms with Crippen LogP contribution in [-0.2, 0) is 48.1 Å². The molecule has 0 radical (unpaired) electrons. The second-order valence-electron chi connectivity index (χ2n) is 8.44. The topological polar surface area (TPSA) is 164 Å². The number of nitrogens with one attached hydrogen (secondary N) is 1. The standard InChI is InChI=1S/C11H24O4Si.C6H12NO.C6H10O3.C2H6.K.O3S/c1-5-11(12)13-9-8-10-16(4,14-6-2)15-7-3;1-5(8)7-6(2,3)4;1-2-6(7)9-4-5-3-8-5;1-2;;1-4(2)3/h5-10H2,1-4H3;2H2,1,3-4H3,(H,7,8);5H,2-4H2,1H3;1-2H3;;/q;-1;;;+1;. The predicted molar refractivity (Wildman–Crippen MR) is 151 cm³/mol. The fourth-order valence-corrected chi connectivity index (χ4v) is 4.79. The predicted octanol–water partition coefficient (Wildman–Crippen LogP) is 0.574. The average Bonchev–Trinajstić information content (AvgIpc) is 3.65. The second kappa shape index (κ2) is 31.7. The zero-order chi connectivity index (χ0) is 31.5. The van der Waals surface area contributed by atoms with E-state index in [4.69, 9.17) is 35.7 Å². The Morgan fingerprint density at radius 1 is 0.975 bits per heavy atom. The Morgan fingerprint density at radius 2 is 1.38 bits per heavy atom. The summed E-state index contributed by atoms with van der Waals surface area (Å²) in [5, 5.41) is 2.63. The molecule has 1 saturated heterocycles. The van der Waals surface area contributed by atoms with Crippen LogP contribution >= 0.6 is 0 Å². The molecule has 0 aromatic rings. The van der Waals surface area contributed by atoms with E-state index >= 15 is 0 Å². The van der Waals surface area contributed by atoms with Crippen LogP contribution in [0.15, 0.2) is 0 Å². The van der Waals surface area contributed by atoms with E-state index in [-0.39, 0.29) is 80.9 Å². The van der Waals surface area contributed by atoms with Crippen molar-refractivity contribution in [1.29, 1.82) is 0 Å². The number of carbonyl (C=O) groups excluding carboxylic acids is 3. The number of hydrogen-bond acceptors (Lipinski definition) is 11. The van der Waals surface area contributed by atoms with Crippen LogP contribution < -0.4 is 56.7 Å². The minimum absolute atomic E-state index is 0. The molecule has 1 fully saturated rings. The van der Waals surface area contributed by atoms with Gasteiger partial charge in [0.25, 0.3) is 0 Å². The summed E-state index contributed by atoms with van der Waals surface area (Å²) in [6.07, 6.45) is 1.90. The summed E-state index contributed by atoms with van der Waals surface area (Å²) in [5.41, 5.74) is -0.328. The van der Waals surface area contributed by atoms with Gasteiger partial charge in [-0.05, 0) is 32.9 Å². The van der Waals surface area contributed by atoms with Gasteiger partial charge in [-0.15, -0.1) is 12.6 Å². The van der Waals surface area contributed by atoms with Gasteiger partial charge in [-0.25, -0.2) is 0 Å². The molecule has 1 amide bonds. The van der Waals surface area contributed by atoms with Crippen molar-refractivity contribution in [3.05, 3.63) is 6.92 Å². The summed E-state index contributed by atoms with van der Waals surface area (Å²) in [7, 11) is -5.13. The quantitative estimate of drug-likeness (QED) is 0.0983. The molecule has 40 heavy (non-hydrogen) atoms. The van der Waals surface area contributed by atoms with Crippen LogP contribution in [0.5, 0.6) is 0 Å². The summed E-state index contributed by atoms with van der Waals surface area (Å²) in [6, 6.07) is 0.867. The van der Waals surface area contributed by atoms with E-state index in [1.807, 2.05) is 41.5 Å². The molecule has 0 aromatic heterocycles. The number of rotatable bonds is 13. The van der Waals surface area contributed by atoms with E-state index in [2.05, 4.69) is 18.8 Å². The summed E-state index contributed by atoms with van der Waals surface area (Å²) < 4.78 is 51.3. The Hall–Kier alpha value is -0.237. The third-order valence-corrected chi connectivity index (χ3v) is 6.92. The van der Waals surface area contributed by atoms with E-state index in [1.165, 1.54) is 6.92 Å². The molecule has 1 heterocycles. The van der Waals surface area contributed by atoms with Crippen molar-refractivity contribution in [2.45, 2.75) is 106 Å². The first kappa shape index (κ1) is 49.4. The number of epoxide rings is 1. The van der Waals surface area contributed by atoms with Gasteiger partial charge in [0, 0.05) is 33.0 Å². The molecule has 1 unspecified atom stereocenters. The van der Waals surface area contributed by atoms with Crippen LogP contribution in [0.2, 0.25) is 12.6 Å². The maximum absolute atomic E-state index is 10.9. The first-order chi connectivity index (χ1) is 18.1. The maximum atomic E-state index is 10.9. The molecule has 12 nitrogen and oxygen atoms in total. The molecule has 1 aliphatic rings. The molecule has 0 saturated carbocycles. The molecule has 234 valence electrons. The molecule has 1 N–H and O–H groups in total. The largest absolute Gasteiger partial charge is 1.00 e. The Bertz CT molecular complexity index is 731. The molecule has 1 rings (SSSR count). The third-order valence-electron chi connectivity index (χ3n) is 3.86. The fourth-order valence-electron chi connectivity index (χ4n) is 2.41. The molecule has 15 heteroatoms. The van der Waals surface area contributed by atoms with Gasteiger partial charge in [-0.3, -0.25) is 14.4 Å². The summed E-state index contributed by atoms with van der Waals surface area (Å²) >= 11 is 0. The average molecular weight is 642 g/mol. The zero-order valence-corrected chi connectivity index (χ0v) is 31.5. The maximum Gasteiger partial charge on any atom is 1.00 e. The summed E-state index contributed by atoms with van der Waals surface area (Å²) in [5.74, 6) is -0.327. The molecule has 1 atom stereocenters. The normalized spacial score (nSPS) is 12.8. The minimum Gasteiger partial charge on any atom is -0.466 e. The van der Waals surface area contributed by atoms with Gasteiger partial charge in [0.05, 0.1) is 13.2 Å². The molecular formula is C25H52KNO11SSi. The van der Waals surface area contributed by atoms with Crippen LogP contribution in [0, 0.1) is 6.92 Å². The van der Waals surface area contributed by atoms with Gasteiger partial charge >= 0.3 is 82.5 Å². The zero-order valence-electron chi connectivity index (χ0n) is 26.5. The Balaban J connectivity index is -0.000000145. The van der Waals surface area contributed by atoms with E-state index in [0.29, 0.717) is 39.3 Å². The van der Waals surface area contributed by atoms with Crippen LogP contribution in [0.1, 0.15) is 81.6 Å². The number of ether oxygens (including phenoxy) is 3. The van der Waals surface area contributed by atoms with Crippen molar-refractivity contribution >= 4 is 37.0 Å². The van der Waals surface area contributed by atoms with Gasteiger partial charge in [-0.1, -0.05) is 47.1 Å². The Kier molecular flexibility index (Phi) is 39.2. The summed E-state index contributed by atoms with van der Waals surface area (Å²) in [4.78, 5) is 31.7. The second-order valence-corrected chi connectivity index (χ2v) is 12.2. The van der Waals surface area contributed by atoms with E-state index < -0.39 is 19.2 Å². The van der Waals surface area contributed by atoms with Gasteiger partial charge in [0.2, 0.25) is 5.91 Å². The van der Waals surface area contributed by atoms with E-state index in [1.54, 1.807) is 13.8 Å². The number of esters is 2. The Labute approximate surface area is 287 Å². The van der Waals surface area contributed by atoms with Gasteiger partial charge in [0.15, 0.2) is 0 Å². The smallest absolute Gasteiger partial charge is 0.466 e. The molecule has 0 aromatic carbocycles. The van der Waals surface area contributed by atoms with Gasteiger partial charge < -0.3 is 35.3 Å². The minimum atomic E-state index is -3.11.